The fourth-order valence-electron chi connectivity index (χ4n) is 2.07. The van der Waals surface area contributed by atoms with Gasteiger partial charge in [0.25, 0.3) is 0 Å². The first-order valence-electron chi connectivity index (χ1n) is 7.54. The fourth-order valence-corrected chi connectivity index (χ4v) is 2.07. The van der Waals surface area contributed by atoms with Crippen molar-refractivity contribution in [2.75, 3.05) is 32.8 Å². The smallest absolute Gasteiger partial charge is 0.119 e. The van der Waals surface area contributed by atoms with Gasteiger partial charge < -0.3 is 14.7 Å². The van der Waals surface area contributed by atoms with E-state index >= 15 is 0 Å². The molecule has 0 saturated heterocycles. The number of likely N-dealkylation sites (N-methyl/N-ethyl adjacent to an activating group) is 1. The van der Waals surface area contributed by atoms with Crippen LogP contribution in [0.3, 0.4) is 0 Å². The van der Waals surface area contributed by atoms with E-state index in [0.717, 1.165) is 31.8 Å². The molecule has 0 aromatic heterocycles. The average Bonchev–Trinajstić information content (AvgIpc) is 2.42. The Morgan fingerprint density at radius 2 is 1.75 bits per heavy atom. The van der Waals surface area contributed by atoms with E-state index < -0.39 is 0 Å². The zero-order valence-corrected chi connectivity index (χ0v) is 13.4. The number of aliphatic hydroxyl groups is 1. The van der Waals surface area contributed by atoms with Crippen molar-refractivity contribution >= 4 is 0 Å². The third-order valence-corrected chi connectivity index (χ3v) is 3.48. The lowest BCUT2D eigenvalue weighted by atomic mass is 9.87. The summed E-state index contributed by atoms with van der Waals surface area (Å²) in [6, 6.07) is 8.37. The van der Waals surface area contributed by atoms with Gasteiger partial charge in [-0.25, -0.2) is 0 Å². The molecule has 0 fully saturated rings. The summed E-state index contributed by atoms with van der Waals surface area (Å²) in [6.07, 6.45) is 0.827. The Balaban J connectivity index is 2.38. The molecule has 0 bridgehead atoms. The first kappa shape index (κ1) is 17.0. The molecule has 114 valence electrons. The summed E-state index contributed by atoms with van der Waals surface area (Å²) >= 11 is 0. The molecule has 0 aliphatic rings. The van der Waals surface area contributed by atoms with E-state index in [2.05, 4.69) is 44.7 Å². The molecule has 1 rings (SSSR count). The van der Waals surface area contributed by atoms with E-state index in [4.69, 9.17) is 9.84 Å². The van der Waals surface area contributed by atoms with E-state index in [1.54, 1.807) is 0 Å². The maximum absolute atomic E-state index is 8.85. The standard InChI is InChI=1S/C17H29NO2/c1-5-18(11-6-13-19)12-14-20-16-9-7-15(8-10-16)17(2,3)4/h7-10,19H,5-6,11-14H2,1-4H3. The van der Waals surface area contributed by atoms with Crippen LogP contribution in [0, 0.1) is 0 Å². The van der Waals surface area contributed by atoms with Gasteiger partial charge in [-0.3, -0.25) is 0 Å². The van der Waals surface area contributed by atoms with Crippen LogP contribution < -0.4 is 4.74 Å². The van der Waals surface area contributed by atoms with E-state index in [1.807, 2.05) is 12.1 Å². The first-order valence-corrected chi connectivity index (χ1v) is 7.54. The summed E-state index contributed by atoms with van der Waals surface area (Å²) < 4.78 is 5.78. The zero-order chi connectivity index (χ0) is 15.0. The topological polar surface area (TPSA) is 32.7 Å². The number of nitrogens with zero attached hydrogens (tertiary/aromatic N) is 1. The van der Waals surface area contributed by atoms with Crippen molar-refractivity contribution in [1.82, 2.24) is 4.90 Å². The SMILES string of the molecule is CCN(CCCO)CCOc1ccc(C(C)(C)C)cc1. The number of rotatable bonds is 8. The number of hydrogen-bond acceptors (Lipinski definition) is 3. The van der Waals surface area contributed by atoms with Crippen LogP contribution in [-0.2, 0) is 5.41 Å². The van der Waals surface area contributed by atoms with Crippen molar-refractivity contribution in [2.24, 2.45) is 0 Å². The lowest BCUT2D eigenvalue weighted by Gasteiger charge is -2.21. The highest BCUT2D eigenvalue weighted by atomic mass is 16.5. The lowest BCUT2D eigenvalue weighted by molar-refractivity contribution is 0.195. The number of aliphatic hydroxyl groups excluding tert-OH is 1. The number of hydrogen-bond donors (Lipinski definition) is 1. The van der Waals surface area contributed by atoms with Crippen molar-refractivity contribution in [3.63, 3.8) is 0 Å². The summed E-state index contributed by atoms with van der Waals surface area (Å²) in [5.41, 5.74) is 1.50. The highest BCUT2D eigenvalue weighted by Crippen LogP contribution is 2.24. The van der Waals surface area contributed by atoms with E-state index in [9.17, 15) is 0 Å². The van der Waals surface area contributed by atoms with Gasteiger partial charge in [0.1, 0.15) is 12.4 Å². The van der Waals surface area contributed by atoms with Crippen LogP contribution in [0.5, 0.6) is 5.75 Å². The molecule has 0 atom stereocenters. The number of ether oxygens (including phenoxy) is 1. The van der Waals surface area contributed by atoms with Gasteiger partial charge in [-0.2, -0.15) is 0 Å². The van der Waals surface area contributed by atoms with Gasteiger partial charge in [0.2, 0.25) is 0 Å². The van der Waals surface area contributed by atoms with Gasteiger partial charge in [0.05, 0.1) is 0 Å². The van der Waals surface area contributed by atoms with Gasteiger partial charge in [-0.15, -0.1) is 0 Å². The zero-order valence-electron chi connectivity index (χ0n) is 13.4. The quantitative estimate of drug-likeness (QED) is 0.794. The predicted octanol–water partition coefficient (Wildman–Crippen LogP) is 3.07. The maximum atomic E-state index is 8.85. The van der Waals surface area contributed by atoms with Gasteiger partial charge in [0, 0.05) is 19.7 Å². The van der Waals surface area contributed by atoms with E-state index in [1.165, 1.54) is 5.56 Å². The molecule has 0 heterocycles. The van der Waals surface area contributed by atoms with Crippen LogP contribution >= 0.6 is 0 Å². The molecule has 0 spiro atoms. The largest absolute Gasteiger partial charge is 0.492 e. The molecule has 1 N–H and O–H groups in total. The van der Waals surface area contributed by atoms with Gasteiger partial charge in [0.15, 0.2) is 0 Å². The predicted molar refractivity (Wildman–Crippen MR) is 84.5 cm³/mol. The summed E-state index contributed by atoms with van der Waals surface area (Å²) in [6.45, 7) is 12.5. The average molecular weight is 279 g/mol. The maximum Gasteiger partial charge on any atom is 0.119 e. The van der Waals surface area contributed by atoms with Gasteiger partial charge >= 0.3 is 0 Å². The minimum absolute atomic E-state index is 0.182. The minimum Gasteiger partial charge on any atom is -0.492 e. The Labute approximate surface area is 123 Å². The Bertz CT molecular complexity index is 368. The Morgan fingerprint density at radius 3 is 2.25 bits per heavy atom. The summed E-state index contributed by atoms with van der Waals surface area (Å²) in [7, 11) is 0. The van der Waals surface area contributed by atoms with Crippen LogP contribution in [0.25, 0.3) is 0 Å². The molecule has 0 unspecified atom stereocenters. The molecule has 0 amide bonds. The molecule has 1 aromatic carbocycles. The van der Waals surface area contributed by atoms with Crippen LogP contribution in [0.1, 0.15) is 39.7 Å². The van der Waals surface area contributed by atoms with Crippen LogP contribution in [0.4, 0.5) is 0 Å². The third-order valence-electron chi connectivity index (χ3n) is 3.48. The fraction of sp³-hybridized carbons (Fsp3) is 0.647. The highest BCUT2D eigenvalue weighted by Gasteiger charge is 2.12. The van der Waals surface area contributed by atoms with Crippen molar-refractivity contribution in [2.45, 2.75) is 39.5 Å². The van der Waals surface area contributed by atoms with Crippen molar-refractivity contribution < 1.29 is 9.84 Å². The molecule has 0 radical (unpaired) electrons. The molecule has 0 saturated carbocycles. The second-order valence-electron chi connectivity index (χ2n) is 6.13. The Morgan fingerprint density at radius 1 is 1.10 bits per heavy atom. The molecule has 20 heavy (non-hydrogen) atoms. The Hall–Kier alpha value is -1.06. The van der Waals surface area contributed by atoms with Crippen LogP contribution in [0.2, 0.25) is 0 Å². The first-order chi connectivity index (χ1) is 9.47. The summed E-state index contributed by atoms with van der Waals surface area (Å²) in [5, 5.41) is 8.85. The molecule has 3 heteroatoms. The lowest BCUT2D eigenvalue weighted by Crippen LogP contribution is -2.29. The molecule has 0 aliphatic heterocycles. The van der Waals surface area contributed by atoms with Crippen molar-refractivity contribution in [3.05, 3.63) is 29.8 Å². The molecule has 3 nitrogen and oxygen atoms in total. The van der Waals surface area contributed by atoms with E-state index in [-0.39, 0.29) is 12.0 Å². The second-order valence-corrected chi connectivity index (χ2v) is 6.13. The Kier molecular flexibility index (Phi) is 7.03. The third kappa shape index (κ3) is 5.93. The molecular weight excluding hydrogens is 250 g/mol. The molecule has 0 aliphatic carbocycles. The second kappa shape index (κ2) is 8.28. The summed E-state index contributed by atoms with van der Waals surface area (Å²) in [4.78, 5) is 2.29. The highest BCUT2D eigenvalue weighted by molar-refractivity contribution is 5.31. The molecular formula is C17H29NO2. The van der Waals surface area contributed by atoms with Crippen LogP contribution in [0.15, 0.2) is 24.3 Å². The minimum atomic E-state index is 0.182. The summed E-state index contributed by atoms with van der Waals surface area (Å²) in [5.74, 6) is 0.927. The van der Waals surface area contributed by atoms with E-state index in [0.29, 0.717) is 6.61 Å². The van der Waals surface area contributed by atoms with Crippen molar-refractivity contribution in [1.29, 1.82) is 0 Å². The van der Waals surface area contributed by atoms with Gasteiger partial charge in [-0.1, -0.05) is 39.8 Å². The monoisotopic (exact) mass is 279 g/mol. The number of benzene rings is 1. The van der Waals surface area contributed by atoms with Crippen LogP contribution in [-0.4, -0.2) is 42.9 Å². The normalized spacial score (nSPS) is 11.9. The molecule has 1 aromatic rings. The van der Waals surface area contributed by atoms with Crippen molar-refractivity contribution in [3.8, 4) is 5.75 Å². The van der Waals surface area contributed by atoms with Gasteiger partial charge in [-0.05, 0) is 36.1 Å².